The van der Waals surface area contributed by atoms with E-state index in [1.807, 2.05) is 12.1 Å². The molecule has 0 saturated carbocycles. The molecule has 1 aromatic rings. The maximum absolute atomic E-state index is 9.77. The molecule has 1 aliphatic heterocycles. The van der Waals surface area contributed by atoms with Crippen LogP contribution in [0.15, 0.2) is 18.2 Å². The van der Waals surface area contributed by atoms with Crippen molar-refractivity contribution in [3.63, 3.8) is 0 Å². The van der Waals surface area contributed by atoms with Gasteiger partial charge in [0, 0.05) is 26.2 Å². The maximum Gasteiger partial charge on any atom is 0.0900 e. The van der Waals surface area contributed by atoms with Crippen molar-refractivity contribution in [1.29, 1.82) is 0 Å². The Kier molecular flexibility index (Phi) is 7.41. The SMILES string of the molecule is COCC(O)CN1CCC(NCc2cccc(Cl)c2Cl)CC1. The summed E-state index contributed by atoms with van der Waals surface area (Å²) in [7, 11) is 1.61. The molecule has 22 heavy (non-hydrogen) atoms. The average Bonchev–Trinajstić information content (AvgIpc) is 2.50. The number of β-amino-alcohol motifs (C(OH)–C–C–N with tert-alkyl or cyclic N) is 1. The Morgan fingerprint density at radius 3 is 2.77 bits per heavy atom. The Balaban J connectivity index is 1.72. The molecule has 1 aromatic carbocycles. The molecular formula is C16H24Cl2N2O2. The van der Waals surface area contributed by atoms with E-state index in [-0.39, 0.29) is 0 Å². The van der Waals surface area contributed by atoms with Crippen molar-refractivity contribution in [1.82, 2.24) is 10.2 Å². The molecule has 0 aliphatic carbocycles. The molecule has 0 bridgehead atoms. The van der Waals surface area contributed by atoms with Crippen LogP contribution in [0.5, 0.6) is 0 Å². The third-order valence-electron chi connectivity index (χ3n) is 4.03. The highest BCUT2D eigenvalue weighted by atomic mass is 35.5. The molecule has 1 unspecified atom stereocenters. The van der Waals surface area contributed by atoms with Gasteiger partial charge in [-0.1, -0.05) is 35.3 Å². The van der Waals surface area contributed by atoms with E-state index in [0.29, 0.717) is 29.2 Å². The minimum absolute atomic E-state index is 0.394. The van der Waals surface area contributed by atoms with E-state index >= 15 is 0 Å². The summed E-state index contributed by atoms with van der Waals surface area (Å²) >= 11 is 12.2. The lowest BCUT2D eigenvalue weighted by molar-refractivity contribution is 0.0310. The van der Waals surface area contributed by atoms with Gasteiger partial charge >= 0.3 is 0 Å². The molecule has 1 atom stereocenters. The Labute approximate surface area is 142 Å². The number of rotatable bonds is 7. The number of aliphatic hydroxyl groups excluding tert-OH is 1. The number of hydrogen-bond acceptors (Lipinski definition) is 4. The first kappa shape index (κ1) is 18.0. The Hall–Kier alpha value is -0.360. The van der Waals surface area contributed by atoms with E-state index in [9.17, 15) is 5.11 Å². The lowest BCUT2D eigenvalue weighted by Gasteiger charge is -2.33. The van der Waals surface area contributed by atoms with Gasteiger partial charge in [-0.05, 0) is 37.6 Å². The fraction of sp³-hybridized carbons (Fsp3) is 0.625. The van der Waals surface area contributed by atoms with Gasteiger partial charge in [0.05, 0.1) is 22.8 Å². The predicted molar refractivity (Wildman–Crippen MR) is 90.6 cm³/mol. The minimum atomic E-state index is -0.403. The highest BCUT2D eigenvalue weighted by Crippen LogP contribution is 2.25. The zero-order valence-electron chi connectivity index (χ0n) is 12.9. The third-order valence-corrected chi connectivity index (χ3v) is 4.89. The van der Waals surface area contributed by atoms with Crippen LogP contribution in [0, 0.1) is 0 Å². The second-order valence-electron chi connectivity index (χ2n) is 5.78. The summed E-state index contributed by atoms with van der Waals surface area (Å²) in [6, 6.07) is 6.20. The van der Waals surface area contributed by atoms with Crippen molar-refractivity contribution in [3.8, 4) is 0 Å². The van der Waals surface area contributed by atoms with Crippen LogP contribution in [0.4, 0.5) is 0 Å². The molecule has 0 radical (unpaired) electrons. The third kappa shape index (κ3) is 5.37. The number of hydrogen-bond donors (Lipinski definition) is 2. The van der Waals surface area contributed by atoms with Crippen molar-refractivity contribution in [2.24, 2.45) is 0 Å². The van der Waals surface area contributed by atoms with Crippen molar-refractivity contribution in [2.45, 2.75) is 31.5 Å². The van der Waals surface area contributed by atoms with Crippen LogP contribution in [0.1, 0.15) is 18.4 Å². The normalized spacial score (nSPS) is 18.5. The van der Waals surface area contributed by atoms with Crippen molar-refractivity contribution < 1.29 is 9.84 Å². The van der Waals surface area contributed by atoms with Crippen LogP contribution in [-0.2, 0) is 11.3 Å². The monoisotopic (exact) mass is 346 g/mol. The van der Waals surface area contributed by atoms with E-state index in [2.05, 4.69) is 10.2 Å². The first-order valence-electron chi connectivity index (χ1n) is 7.65. The molecule has 1 heterocycles. The van der Waals surface area contributed by atoms with E-state index in [0.717, 1.165) is 38.0 Å². The van der Waals surface area contributed by atoms with Crippen LogP contribution < -0.4 is 5.32 Å². The number of ether oxygens (including phenoxy) is 1. The molecule has 2 rings (SSSR count). The van der Waals surface area contributed by atoms with Crippen LogP contribution in [-0.4, -0.2) is 55.5 Å². The van der Waals surface area contributed by atoms with Crippen molar-refractivity contribution >= 4 is 23.2 Å². The summed E-state index contributed by atoms with van der Waals surface area (Å²) in [5.41, 5.74) is 1.03. The molecule has 4 nitrogen and oxygen atoms in total. The Morgan fingerprint density at radius 1 is 1.36 bits per heavy atom. The van der Waals surface area contributed by atoms with E-state index < -0.39 is 6.10 Å². The van der Waals surface area contributed by atoms with Gasteiger partial charge in [0.2, 0.25) is 0 Å². The second-order valence-corrected chi connectivity index (χ2v) is 6.56. The van der Waals surface area contributed by atoms with Gasteiger partial charge < -0.3 is 20.1 Å². The topological polar surface area (TPSA) is 44.7 Å². The standard InChI is InChI=1S/C16H24Cl2N2O2/c1-22-11-14(21)10-20-7-5-13(6-8-20)19-9-12-3-2-4-15(17)16(12)18/h2-4,13-14,19,21H,5-11H2,1H3. The summed E-state index contributed by atoms with van der Waals surface area (Å²) in [6.07, 6.45) is 1.73. The molecule has 2 N–H and O–H groups in total. The van der Waals surface area contributed by atoms with E-state index in [4.69, 9.17) is 27.9 Å². The molecule has 1 saturated heterocycles. The number of halogens is 2. The summed E-state index contributed by atoms with van der Waals surface area (Å²) in [5.74, 6) is 0. The maximum atomic E-state index is 9.77. The molecule has 6 heteroatoms. The summed E-state index contributed by atoms with van der Waals surface area (Å²) < 4.78 is 4.96. The number of piperidine rings is 1. The lowest BCUT2D eigenvalue weighted by atomic mass is 10.0. The van der Waals surface area contributed by atoms with Gasteiger partial charge in [-0.15, -0.1) is 0 Å². The number of nitrogens with zero attached hydrogens (tertiary/aromatic N) is 1. The van der Waals surface area contributed by atoms with Gasteiger partial charge in [0.1, 0.15) is 0 Å². The zero-order chi connectivity index (χ0) is 15.9. The van der Waals surface area contributed by atoms with Gasteiger partial charge in [0.15, 0.2) is 0 Å². The van der Waals surface area contributed by atoms with Crippen molar-refractivity contribution in [3.05, 3.63) is 33.8 Å². The van der Waals surface area contributed by atoms with Crippen LogP contribution in [0.25, 0.3) is 0 Å². The van der Waals surface area contributed by atoms with E-state index in [1.165, 1.54) is 0 Å². The smallest absolute Gasteiger partial charge is 0.0900 e. The van der Waals surface area contributed by atoms with Gasteiger partial charge in [-0.2, -0.15) is 0 Å². The first-order valence-corrected chi connectivity index (χ1v) is 8.41. The molecule has 0 spiro atoms. The number of aliphatic hydroxyl groups is 1. The number of nitrogens with one attached hydrogen (secondary N) is 1. The zero-order valence-corrected chi connectivity index (χ0v) is 14.4. The highest BCUT2D eigenvalue weighted by Gasteiger charge is 2.20. The number of methoxy groups -OCH3 is 1. The van der Waals surface area contributed by atoms with Crippen LogP contribution in [0.2, 0.25) is 10.0 Å². The summed E-state index contributed by atoms with van der Waals surface area (Å²) in [6.45, 7) is 3.78. The first-order chi connectivity index (χ1) is 10.6. The summed E-state index contributed by atoms with van der Waals surface area (Å²) in [5, 5.41) is 14.6. The fourth-order valence-electron chi connectivity index (χ4n) is 2.80. The molecule has 124 valence electrons. The largest absolute Gasteiger partial charge is 0.389 e. The quantitative estimate of drug-likeness (QED) is 0.796. The van der Waals surface area contributed by atoms with Gasteiger partial charge in [-0.3, -0.25) is 0 Å². The molecule has 1 fully saturated rings. The average molecular weight is 347 g/mol. The predicted octanol–water partition coefficient (Wildman–Crippen LogP) is 2.55. The fourth-order valence-corrected chi connectivity index (χ4v) is 3.19. The molecular weight excluding hydrogens is 323 g/mol. The molecule has 0 aromatic heterocycles. The molecule has 1 aliphatic rings. The van der Waals surface area contributed by atoms with Gasteiger partial charge in [-0.25, -0.2) is 0 Å². The van der Waals surface area contributed by atoms with Gasteiger partial charge in [0.25, 0.3) is 0 Å². The lowest BCUT2D eigenvalue weighted by Crippen LogP contribution is -2.45. The minimum Gasteiger partial charge on any atom is -0.389 e. The van der Waals surface area contributed by atoms with Crippen molar-refractivity contribution in [2.75, 3.05) is 33.4 Å². The molecule has 0 amide bonds. The second kappa shape index (κ2) is 9.06. The number of likely N-dealkylation sites (tertiary alicyclic amines) is 1. The summed E-state index contributed by atoms with van der Waals surface area (Å²) in [4.78, 5) is 2.29. The Morgan fingerprint density at radius 2 is 2.09 bits per heavy atom. The Bertz CT molecular complexity index is 465. The highest BCUT2D eigenvalue weighted by molar-refractivity contribution is 6.42. The van der Waals surface area contributed by atoms with E-state index in [1.54, 1.807) is 13.2 Å². The van der Waals surface area contributed by atoms with Crippen LogP contribution in [0.3, 0.4) is 0 Å². The number of benzene rings is 1. The van der Waals surface area contributed by atoms with Crippen LogP contribution >= 0.6 is 23.2 Å².